The second-order valence-corrected chi connectivity index (χ2v) is 8.90. The number of carbonyl (C=O) groups is 1. The summed E-state index contributed by atoms with van der Waals surface area (Å²) >= 11 is 0. The van der Waals surface area contributed by atoms with Crippen molar-refractivity contribution in [3.05, 3.63) is 46.8 Å². The zero-order valence-corrected chi connectivity index (χ0v) is 18.0. The molecule has 3 aromatic rings. The smallest absolute Gasteiger partial charge is 0.243 e. The molecule has 5 nitrogen and oxygen atoms in total. The van der Waals surface area contributed by atoms with Crippen molar-refractivity contribution in [2.75, 3.05) is 6.61 Å². The minimum atomic E-state index is -0.321. The predicted octanol–water partition coefficient (Wildman–Crippen LogP) is 4.17. The number of aliphatic hydroxyl groups is 1. The van der Waals surface area contributed by atoms with Gasteiger partial charge in [0, 0.05) is 28.2 Å². The van der Waals surface area contributed by atoms with E-state index in [9.17, 15) is 9.90 Å². The number of aliphatic hydroxyl groups excluding tert-OH is 1. The monoisotopic (exact) mass is 393 g/mol. The van der Waals surface area contributed by atoms with Crippen molar-refractivity contribution in [2.45, 2.75) is 59.5 Å². The topological polar surface area (TPSA) is 70.1 Å². The van der Waals surface area contributed by atoms with E-state index in [2.05, 4.69) is 67.7 Å². The van der Waals surface area contributed by atoms with Gasteiger partial charge in [0.05, 0.1) is 18.2 Å². The summed E-state index contributed by atoms with van der Waals surface area (Å²) in [6.07, 6.45) is 5.75. The molecule has 3 N–H and O–H groups in total. The van der Waals surface area contributed by atoms with Crippen molar-refractivity contribution in [3.63, 3.8) is 0 Å². The van der Waals surface area contributed by atoms with E-state index in [-0.39, 0.29) is 30.5 Å². The molecule has 0 aliphatic carbocycles. The number of H-pyrrole nitrogens is 1. The van der Waals surface area contributed by atoms with Crippen LogP contribution < -0.4 is 5.32 Å². The molecular formula is C24H31N3O2. The molecule has 0 saturated heterocycles. The number of carbonyl (C=O) groups excluding carboxylic acids is 1. The third-order valence-electron chi connectivity index (χ3n) is 6.19. The van der Waals surface area contributed by atoms with E-state index in [4.69, 9.17) is 0 Å². The van der Waals surface area contributed by atoms with Gasteiger partial charge in [-0.25, -0.2) is 0 Å². The van der Waals surface area contributed by atoms with Gasteiger partial charge in [-0.05, 0) is 56.7 Å². The number of nitrogens with one attached hydrogen (secondary N) is 2. The molecule has 3 heterocycles. The largest absolute Gasteiger partial charge is 0.394 e. The number of nitrogens with zero attached hydrogens (tertiary/aromatic N) is 1. The summed E-state index contributed by atoms with van der Waals surface area (Å²) in [5.41, 5.74) is 7.08. The minimum Gasteiger partial charge on any atom is -0.394 e. The van der Waals surface area contributed by atoms with Crippen LogP contribution in [0.3, 0.4) is 0 Å². The van der Waals surface area contributed by atoms with Crippen LogP contribution >= 0.6 is 0 Å². The zero-order chi connectivity index (χ0) is 20.9. The Balaban J connectivity index is 2.12. The first-order valence-electron chi connectivity index (χ1n) is 10.5. The molecule has 0 radical (unpaired) electrons. The van der Waals surface area contributed by atoms with Crippen LogP contribution in [-0.2, 0) is 17.6 Å². The minimum absolute atomic E-state index is 0.0149. The van der Waals surface area contributed by atoms with Crippen molar-refractivity contribution in [2.24, 2.45) is 5.92 Å². The first kappa shape index (κ1) is 19.8. The van der Waals surface area contributed by atoms with Crippen LogP contribution in [-0.4, -0.2) is 33.2 Å². The van der Waals surface area contributed by atoms with Crippen molar-refractivity contribution in [1.82, 2.24) is 14.9 Å². The van der Waals surface area contributed by atoms with Crippen LogP contribution in [0.2, 0.25) is 0 Å². The number of hydrogen-bond donors (Lipinski definition) is 3. The highest BCUT2D eigenvalue weighted by atomic mass is 16.3. The number of aromatic amines is 1. The van der Waals surface area contributed by atoms with Gasteiger partial charge in [-0.3, -0.25) is 4.79 Å². The standard InChI is InChI=1S/C24H31N3O2/c1-13(2)6-7-18-15(5)27-22(14(3)4)24(29)26-17(12-28)10-16-11-25-20-9-8-19(18)23(27)21(16)20/h6,8-9,11,14,17,22,25,28H,7,10,12H2,1-5H3,(H,26,29)/t17-,22-/m0/s1. The van der Waals surface area contributed by atoms with Gasteiger partial charge in [-0.2, -0.15) is 0 Å². The van der Waals surface area contributed by atoms with Gasteiger partial charge < -0.3 is 20.0 Å². The van der Waals surface area contributed by atoms with Gasteiger partial charge in [0.15, 0.2) is 0 Å². The Labute approximate surface area is 171 Å². The lowest BCUT2D eigenvalue weighted by Crippen LogP contribution is -2.44. The third kappa shape index (κ3) is 3.18. The highest BCUT2D eigenvalue weighted by Crippen LogP contribution is 2.39. The molecule has 1 aromatic carbocycles. The lowest BCUT2D eigenvalue weighted by atomic mass is 10.0. The first-order valence-corrected chi connectivity index (χ1v) is 10.5. The Morgan fingerprint density at radius 3 is 2.76 bits per heavy atom. The maximum atomic E-state index is 13.3. The van der Waals surface area contributed by atoms with E-state index < -0.39 is 0 Å². The molecule has 0 bridgehead atoms. The number of hydrogen-bond acceptors (Lipinski definition) is 2. The molecule has 0 unspecified atom stereocenters. The Morgan fingerprint density at radius 1 is 1.34 bits per heavy atom. The van der Waals surface area contributed by atoms with Crippen molar-refractivity contribution in [3.8, 4) is 0 Å². The van der Waals surface area contributed by atoms with Crippen molar-refractivity contribution >= 4 is 27.7 Å². The first-order chi connectivity index (χ1) is 13.8. The van der Waals surface area contributed by atoms with Gasteiger partial charge in [0.1, 0.15) is 6.04 Å². The molecule has 0 spiro atoms. The lowest BCUT2D eigenvalue weighted by Gasteiger charge is -2.26. The third-order valence-corrected chi connectivity index (χ3v) is 6.19. The number of amides is 1. The number of rotatable bonds is 4. The van der Waals surface area contributed by atoms with Gasteiger partial charge in [0.25, 0.3) is 0 Å². The Hall–Kier alpha value is -2.53. The van der Waals surface area contributed by atoms with E-state index in [0.717, 1.165) is 28.7 Å². The molecule has 1 aliphatic rings. The molecule has 5 heteroatoms. The summed E-state index contributed by atoms with van der Waals surface area (Å²) in [7, 11) is 0. The fourth-order valence-corrected chi connectivity index (χ4v) is 4.78. The highest BCUT2D eigenvalue weighted by Gasteiger charge is 2.32. The maximum absolute atomic E-state index is 13.3. The Kier molecular flexibility index (Phi) is 5.03. The zero-order valence-electron chi connectivity index (χ0n) is 18.0. The molecule has 154 valence electrons. The fourth-order valence-electron chi connectivity index (χ4n) is 4.78. The van der Waals surface area contributed by atoms with Gasteiger partial charge in [-0.1, -0.05) is 31.6 Å². The van der Waals surface area contributed by atoms with Crippen LogP contribution in [0, 0.1) is 12.8 Å². The van der Waals surface area contributed by atoms with E-state index in [1.807, 2.05) is 6.20 Å². The second-order valence-electron chi connectivity index (χ2n) is 8.90. The van der Waals surface area contributed by atoms with Crippen molar-refractivity contribution < 1.29 is 9.90 Å². The molecule has 1 aliphatic heterocycles. The molecule has 4 rings (SSSR count). The SMILES string of the molecule is CC(C)=CCc1c(C)n2c3c1ccc1[nH]cc(c13)C[C@@H](CO)NC(=O)[C@@H]2C(C)C. The fraction of sp³-hybridized carbons (Fsp3) is 0.458. The van der Waals surface area contributed by atoms with Crippen LogP contribution in [0.15, 0.2) is 30.0 Å². The summed E-state index contributed by atoms with van der Waals surface area (Å²) in [6, 6.07) is 3.72. The molecule has 29 heavy (non-hydrogen) atoms. The second kappa shape index (κ2) is 7.38. The summed E-state index contributed by atoms with van der Waals surface area (Å²) in [4.78, 5) is 16.7. The quantitative estimate of drug-likeness (QED) is 0.582. The summed E-state index contributed by atoms with van der Waals surface area (Å²) < 4.78 is 2.25. The normalized spacial score (nSPS) is 19.5. The van der Waals surface area contributed by atoms with E-state index >= 15 is 0 Å². The average molecular weight is 394 g/mol. The molecule has 2 aromatic heterocycles. The lowest BCUT2D eigenvalue weighted by molar-refractivity contribution is -0.126. The molecule has 0 fully saturated rings. The van der Waals surface area contributed by atoms with E-state index in [1.165, 1.54) is 21.9 Å². The van der Waals surface area contributed by atoms with Crippen molar-refractivity contribution in [1.29, 1.82) is 0 Å². The number of aromatic nitrogens is 2. The van der Waals surface area contributed by atoms with Crippen LogP contribution in [0.5, 0.6) is 0 Å². The highest BCUT2D eigenvalue weighted by molar-refractivity contribution is 6.09. The van der Waals surface area contributed by atoms with Crippen LogP contribution in [0.25, 0.3) is 21.8 Å². The van der Waals surface area contributed by atoms with Gasteiger partial charge >= 0.3 is 0 Å². The summed E-state index contributed by atoms with van der Waals surface area (Å²) in [6.45, 7) is 10.5. The van der Waals surface area contributed by atoms with Crippen LogP contribution in [0.4, 0.5) is 0 Å². The molecule has 0 saturated carbocycles. The summed E-state index contributed by atoms with van der Waals surface area (Å²) in [5, 5.41) is 15.4. The molecule has 1 amide bonds. The van der Waals surface area contributed by atoms with E-state index in [1.54, 1.807) is 0 Å². The number of allylic oxidation sites excluding steroid dienone is 2. The van der Waals surface area contributed by atoms with Gasteiger partial charge in [-0.15, -0.1) is 0 Å². The average Bonchev–Trinajstić information content (AvgIpc) is 3.19. The molecular weight excluding hydrogens is 362 g/mol. The predicted molar refractivity (Wildman–Crippen MR) is 118 cm³/mol. The summed E-state index contributed by atoms with van der Waals surface area (Å²) in [5.74, 6) is 0.106. The van der Waals surface area contributed by atoms with Crippen LogP contribution in [0.1, 0.15) is 50.6 Å². The maximum Gasteiger partial charge on any atom is 0.243 e. The molecule has 2 atom stereocenters. The van der Waals surface area contributed by atoms with E-state index in [0.29, 0.717) is 6.42 Å². The van der Waals surface area contributed by atoms with Gasteiger partial charge in [0.2, 0.25) is 5.91 Å². The Morgan fingerprint density at radius 2 is 2.10 bits per heavy atom. The Bertz CT molecular complexity index is 1110. The number of benzene rings is 1.